The summed E-state index contributed by atoms with van der Waals surface area (Å²) in [6.07, 6.45) is 8.44. The van der Waals surface area contributed by atoms with Gasteiger partial charge in [0.05, 0.1) is 24.2 Å². The first kappa shape index (κ1) is 25.4. The van der Waals surface area contributed by atoms with Crippen LogP contribution in [0.4, 0.5) is 5.82 Å². The molecule has 0 radical (unpaired) electrons. The lowest BCUT2D eigenvalue weighted by Crippen LogP contribution is -2.03. The van der Waals surface area contributed by atoms with E-state index in [1.807, 2.05) is 66.9 Å². The number of aliphatic hydroxyl groups excluding tert-OH is 1. The van der Waals surface area contributed by atoms with E-state index in [2.05, 4.69) is 25.3 Å². The van der Waals surface area contributed by atoms with Crippen LogP contribution in [0.3, 0.4) is 0 Å². The van der Waals surface area contributed by atoms with Crippen LogP contribution < -0.4 is 15.8 Å². The van der Waals surface area contributed by atoms with Gasteiger partial charge >= 0.3 is 0 Å². The number of ether oxygens (including phenoxy) is 1. The fraction of sp³-hybridized carbons (Fsp3) is 0.231. The minimum absolute atomic E-state index is 0.0365. The second-order valence-corrected chi connectivity index (χ2v) is 7.15. The predicted molar refractivity (Wildman–Crippen MR) is 140 cm³/mol. The van der Waals surface area contributed by atoms with Gasteiger partial charge in [-0.05, 0) is 17.2 Å². The monoisotopic (exact) mass is 473 g/mol. The van der Waals surface area contributed by atoms with Crippen LogP contribution in [0, 0.1) is 0 Å². The second kappa shape index (κ2) is 12.9. The first-order valence-corrected chi connectivity index (χ1v) is 11.4. The number of hydrogen-bond donors (Lipinski definition) is 3. The Hall–Kier alpha value is -4.24. The molecule has 4 N–H and O–H groups in total. The number of nitrogens with two attached hydrogens (primary N) is 1. The Balaban J connectivity index is 0.00000167. The average Bonchev–Trinajstić information content (AvgIpc) is 3.34. The summed E-state index contributed by atoms with van der Waals surface area (Å²) >= 11 is 0. The Morgan fingerprint density at radius 3 is 2.66 bits per heavy atom. The van der Waals surface area contributed by atoms with Crippen molar-refractivity contribution < 1.29 is 9.84 Å². The molecule has 0 saturated heterocycles. The summed E-state index contributed by atoms with van der Waals surface area (Å²) in [6.45, 7) is 4.81. The van der Waals surface area contributed by atoms with Crippen LogP contribution >= 0.6 is 0 Å². The second-order valence-electron chi connectivity index (χ2n) is 7.15. The maximum absolute atomic E-state index is 8.92. The van der Waals surface area contributed by atoms with Crippen molar-refractivity contribution in [2.75, 3.05) is 25.6 Å². The van der Waals surface area contributed by atoms with Gasteiger partial charge in [0, 0.05) is 49.9 Å². The molecule has 1 aromatic carbocycles. The van der Waals surface area contributed by atoms with E-state index < -0.39 is 0 Å². The number of aromatic nitrogens is 4. The van der Waals surface area contributed by atoms with E-state index in [1.54, 1.807) is 25.7 Å². The van der Waals surface area contributed by atoms with Crippen LogP contribution in [0.5, 0.6) is 5.75 Å². The predicted octanol–water partition coefficient (Wildman–Crippen LogP) is 3.80. The molecule has 35 heavy (non-hydrogen) atoms. The van der Waals surface area contributed by atoms with Gasteiger partial charge in [-0.3, -0.25) is 9.39 Å². The number of rotatable bonds is 9. The largest absolute Gasteiger partial charge is 0.491 e. The molecular weight excluding hydrogens is 442 g/mol. The number of anilines is 1. The number of aliphatic imine (C=N–C) groups is 1. The highest BCUT2D eigenvalue weighted by molar-refractivity contribution is 6.09. The van der Waals surface area contributed by atoms with Crippen LogP contribution in [0.1, 0.15) is 25.0 Å². The van der Waals surface area contributed by atoms with E-state index in [1.165, 1.54) is 6.33 Å². The summed E-state index contributed by atoms with van der Waals surface area (Å²) in [7, 11) is 1.72. The van der Waals surface area contributed by atoms with Gasteiger partial charge < -0.3 is 20.9 Å². The Labute approximate surface area is 205 Å². The third-order valence-electron chi connectivity index (χ3n) is 4.98. The van der Waals surface area contributed by atoms with E-state index in [0.29, 0.717) is 18.1 Å². The van der Waals surface area contributed by atoms with Gasteiger partial charge in [-0.2, -0.15) is 0 Å². The lowest BCUT2D eigenvalue weighted by molar-refractivity contribution is 0.201. The van der Waals surface area contributed by atoms with Crippen molar-refractivity contribution in [2.45, 2.75) is 20.4 Å². The summed E-state index contributed by atoms with van der Waals surface area (Å²) in [6, 6.07) is 13.6. The molecule has 9 nitrogen and oxygen atoms in total. The van der Waals surface area contributed by atoms with Crippen LogP contribution in [0.15, 0.2) is 72.4 Å². The number of hydrogen-bond acceptors (Lipinski definition) is 8. The molecule has 0 atom stereocenters. The molecule has 182 valence electrons. The fourth-order valence-electron chi connectivity index (χ4n) is 3.36. The van der Waals surface area contributed by atoms with Gasteiger partial charge in [0.25, 0.3) is 0 Å². The minimum atomic E-state index is -0.0365. The van der Waals surface area contributed by atoms with E-state index in [-0.39, 0.29) is 13.2 Å². The molecule has 9 heteroatoms. The Morgan fingerprint density at radius 2 is 1.94 bits per heavy atom. The zero-order valence-corrected chi connectivity index (χ0v) is 20.2. The standard InChI is InChI=1S/C24H25N7O2.C2H6/c1-26-14-19(12-25)18-4-2-17(3-5-18)13-27-23-11-21(29-16-30-23)22-15-28-24-10-20(33-9-8-32)6-7-31(22)24;1-2/h2-7,10-12,14-16,32H,8-9,13,25H2,1H3,(H,27,29,30);1-2H3/b19-12+,26-14?;. The third kappa shape index (κ3) is 6.42. The van der Waals surface area contributed by atoms with Crippen molar-refractivity contribution in [3.8, 4) is 17.1 Å². The van der Waals surface area contributed by atoms with Crippen LogP contribution in [-0.2, 0) is 6.54 Å². The summed E-state index contributed by atoms with van der Waals surface area (Å²) in [4.78, 5) is 17.2. The summed E-state index contributed by atoms with van der Waals surface area (Å²) < 4.78 is 7.38. The number of nitrogens with zero attached hydrogens (tertiary/aromatic N) is 5. The molecule has 0 aliphatic carbocycles. The molecular formula is C26H31N7O2. The zero-order valence-electron chi connectivity index (χ0n) is 20.2. The molecule has 3 aromatic heterocycles. The maximum Gasteiger partial charge on any atom is 0.140 e. The third-order valence-corrected chi connectivity index (χ3v) is 4.98. The SMILES string of the molecule is CC.CN=C/C(=C\N)c1ccc(CNc2cc(-c3cnc4cc(OCCO)ccn34)ncn2)cc1. The highest BCUT2D eigenvalue weighted by atomic mass is 16.5. The van der Waals surface area contributed by atoms with Gasteiger partial charge in [-0.15, -0.1) is 0 Å². The highest BCUT2D eigenvalue weighted by Gasteiger charge is 2.10. The molecule has 0 unspecified atom stereocenters. The first-order valence-electron chi connectivity index (χ1n) is 11.4. The van der Waals surface area contributed by atoms with Crippen molar-refractivity contribution >= 4 is 23.3 Å². The molecule has 0 aliphatic heterocycles. The quantitative estimate of drug-likeness (QED) is 0.316. The Bertz CT molecular complexity index is 1280. The van der Waals surface area contributed by atoms with Crippen molar-refractivity contribution in [3.05, 3.63) is 78.5 Å². The Morgan fingerprint density at radius 1 is 1.14 bits per heavy atom. The topological polar surface area (TPSA) is 123 Å². The van der Waals surface area contributed by atoms with Gasteiger partial charge in [0.15, 0.2) is 0 Å². The Kier molecular flexibility index (Phi) is 9.32. The van der Waals surface area contributed by atoms with Crippen LogP contribution in [0.2, 0.25) is 0 Å². The van der Waals surface area contributed by atoms with Crippen LogP contribution in [-0.4, -0.2) is 50.9 Å². The number of allylic oxidation sites excluding steroid dienone is 1. The van der Waals surface area contributed by atoms with Gasteiger partial charge in [-0.1, -0.05) is 38.1 Å². The molecule has 0 saturated carbocycles. The van der Waals surface area contributed by atoms with Crippen molar-refractivity contribution in [3.63, 3.8) is 0 Å². The van der Waals surface area contributed by atoms with E-state index in [0.717, 1.165) is 33.7 Å². The molecule has 0 bridgehead atoms. The normalized spacial score (nSPS) is 11.4. The van der Waals surface area contributed by atoms with E-state index >= 15 is 0 Å². The number of pyridine rings is 1. The number of nitrogens with one attached hydrogen (secondary N) is 1. The molecule has 3 heterocycles. The van der Waals surface area contributed by atoms with Gasteiger partial charge in [-0.25, -0.2) is 15.0 Å². The number of aliphatic hydroxyl groups is 1. The van der Waals surface area contributed by atoms with Crippen molar-refractivity contribution in [1.29, 1.82) is 0 Å². The maximum atomic E-state index is 8.92. The van der Waals surface area contributed by atoms with Crippen molar-refractivity contribution in [2.24, 2.45) is 10.7 Å². The summed E-state index contributed by atoms with van der Waals surface area (Å²) in [5.41, 5.74) is 11.0. The number of fused-ring (bicyclic) bond motifs is 1. The fourth-order valence-corrected chi connectivity index (χ4v) is 3.36. The number of benzene rings is 1. The zero-order chi connectivity index (χ0) is 25.0. The molecule has 0 aliphatic rings. The lowest BCUT2D eigenvalue weighted by Gasteiger charge is -2.09. The molecule has 4 aromatic rings. The molecule has 0 fully saturated rings. The average molecular weight is 474 g/mol. The number of imidazole rings is 1. The van der Waals surface area contributed by atoms with E-state index in [9.17, 15) is 0 Å². The molecule has 4 rings (SSSR count). The molecule has 0 amide bonds. The summed E-state index contributed by atoms with van der Waals surface area (Å²) in [5.74, 6) is 1.36. The van der Waals surface area contributed by atoms with Gasteiger partial charge in [0.1, 0.15) is 30.1 Å². The lowest BCUT2D eigenvalue weighted by atomic mass is 10.1. The van der Waals surface area contributed by atoms with Gasteiger partial charge in [0.2, 0.25) is 0 Å². The van der Waals surface area contributed by atoms with Crippen LogP contribution in [0.25, 0.3) is 22.6 Å². The highest BCUT2D eigenvalue weighted by Crippen LogP contribution is 2.23. The first-order chi connectivity index (χ1) is 17.2. The smallest absolute Gasteiger partial charge is 0.140 e. The summed E-state index contributed by atoms with van der Waals surface area (Å²) in [5, 5.41) is 12.3. The van der Waals surface area contributed by atoms with Crippen molar-refractivity contribution in [1.82, 2.24) is 19.4 Å². The molecule has 0 spiro atoms. The van der Waals surface area contributed by atoms with E-state index in [4.69, 9.17) is 15.6 Å². The minimum Gasteiger partial charge on any atom is -0.491 e.